The molecular weight excluding hydrogens is 354 g/mol. The first-order valence-corrected chi connectivity index (χ1v) is 7.75. The van der Waals surface area contributed by atoms with Gasteiger partial charge in [-0.05, 0) is 48.6 Å². The topological polar surface area (TPSA) is 56.5 Å². The highest BCUT2D eigenvalue weighted by Gasteiger charge is 2.32. The van der Waals surface area contributed by atoms with Crippen LogP contribution in [0.5, 0.6) is 5.75 Å². The van der Waals surface area contributed by atoms with Crippen molar-refractivity contribution in [3.63, 3.8) is 0 Å². The number of ketones is 1. The molecule has 0 aliphatic heterocycles. The van der Waals surface area contributed by atoms with Gasteiger partial charge in [-0.25, -0.2) is 13.9 Å². The van der Waals surface area contributed by atoms with E-state index in [2.05, 4.69) is 14.8 Å². The van der Waals surface area contributed by atoms with Crippen molar-refractivity contribution < 1.29 is 27.1 Å². The van der Waals surface area contributed by atoms with E-state index in [1.54, 1.807) is 6.07 Å². The molecule has 1 saturated carbocycles. The van der Waals surface area contributed by atoms with Gasteiger partial charge in [-0.3, -0.25) is 4.79 Å². The number of ether oxygens (including phenoxy) is 1. The summed E-state index contributed by atoms with van der Waals surface area (Å²) in [5.41, 5.74) is 1.09. The number of halogens is 4. The van der Waals surface area contributed by atoms with E-state index in [0.717, 1.165) is 30.5 Å². The van der Waals surface area contributed by atoms with Crippen LogP contribution in [0.15, 0.2) is 36.7 Å². The van der Waals surface area contributed by atoms with Crippen molar-refractivity contribution in [3.8, 4) is 5.75 Å². The Bertz CT molecular complexity index is 1010. The quantitative estimate of drug-likeness (QED) is 0.520. The van der Waals surface area contributed by atoms with Crippen molar-refractivity contribution in [2.24, 2.45) is 0 Å². The van der Waals surface area contributed by atoms with E-state index in [0.29, 0.717) is 17.6 Å². The normalized spacial score (nSPS) is 14.6. The molecule has 9 heteroatoms. The minimum absolute atomic E-state index is 0.102. The molecule has 0 amide bonds. The number of hydrogen-bond donors (Lipinski definition) is 0. The summed E-state index contributed by atoms with van der Waals surface area (Å²) in [5, 5.41) is 3.97. The zero-order valence-electron chi connectivity index (χ0n) is 13.1. The van der Waals surface area contributed by atoms with E-state index in [1.807, 2.05) is 6.07 Å². The van der Waals surface area contributed by atoms with Crippen LogP contribution in [-0.4, -0.2) is 26.7 Å². The maximum absolute atomic E-state index is 14.2. The van der Waals surface area contributed by atoms with Gasteiger partial charge in [0.25, 0.3) is 0 Å². The molecule has 1 aliphatic rings. The number of hydrogen-bond acceptors (Lipinski definition) is 4. The molecule has 0 radical (unpaired) electrons. The van der Waals surface area contributed by atoms with Crippen LogP contribution in [0.2, 0.25) is 0 Å². The van der Waals surface area contributed by atoms with Crippen LogP contribution in [0.4, 0.5) is 17.6 Å². The van der Waals surface area contributed by atoms with Crippen LogP contribution < -0.4 is 4.74 Å². The van der Waals surface area contributed by atoms with Gasteiger partial charge >= 0.3 is 6.36 Å². The summed E-state index contributed by atoms with van der Waals surface area (Å²) in [4.78, 5) is 16.8. The maximum Gasteiger partial charge on any atom is 0.573 e. The second-order valence-electron chi connectivity index (χ2n) is 6.00. The van der Waals surface area contributed by atoms with Gasteiger partial charge < -0.3 is 4.74 Å². The molecular formula is C17H11F4N3O2. The van der Waals surface area contributed by atoms with E-state index >= 15 is 0 Å². The number of benzene rings is 1. The summed E-state index contributed by atoms with van der Waals surface area (Å²) in [7, 11) is 0. The lowest BCUT2D eigenvalue weighted by atomic mass is 10.0. The summed E-state index contributed by atoms with van der Waals surface area (Å²) in [5.74, 6) is -2.21. The van der Waals surface area contributed by atoms with Gasteiger partial charge in [0.1, 0.15) is 23.6 Å². The van der Waals surface area contributed by atoms with E-state index in [9.17, 15) is 22.4 Å². The van der Waals surface area contributed by atoms with Crippen LogP contribution in [0.1, 0.15) is 40.4 Å². The Morgan fingerprint density at radius 1 is 1.19 bits per heavy atom. The molecule has 1 aromatic carbocycles. The Morgan fingerprint density at radius 3 is 2.62 bits per heavy atom. The lowest BCUT2D eigenvalue weighted by Gasteiger charge is -2.11. The second-order valence-corrected chi connectivity index (χ2v) is 6.00. The molecule has 0 atom stereocenters. The number of pyridine rings is 1. The second kappa shape index (κ2) is 5.79. The number of rotatable bonds is 4. The van der Waals surface area contributed by atoms with Crippen LogP contribution in [0.25, 0.3) is 5.65 Å². The predicted octanol–water partition coefficient (Wildman–Crippen LogP) is 3.88. The summed E-state index contributed by atoms with van der Waals surface area (Å²) in [6, 6.07) is 5.84. The largest absolute Gasteiger partial charge is 0.573 e. The van der Waals surface area contributed by atoms with Gasteiger partial charge in [-0.1, -0.05) is 0 Å². The van der Waals surface area contributed by atoms with Crippen LogP contribution in [0.3, 0.4) is 0 Å². The molecule has 0 N–H and O–H groups in total. The smallest absolute Gasteiger partial charge is 0.406 e. The van der Waals surface area contributed by atoms with Crippen LogP contribution >= 0.6 is 0 Å². The van der Waals surface area contributed by atoms with Crippen molar-refractivity contribution in [3.05, 3.63) is 59.3 Å². The van der Waals surface area contributed by atoms with Gasteiger partial charge in [0.2, 0.25) is 5.78 Å². The third-order valence-electron chi connectivity index (χ3n) is 4.10. The molecule has 26 heavy (non-hydrogen) atoms. The average Bonchev–Trinajstić information content (AvgIpc) is 3.30. The highest BCUT2D eigenvalue weighted by atomic mass is 19.4. The Balaban J connectivity index is 1.74. The van der Waals surface area contributed by atoms with E-state index in [-0.39, 0.29) is 11.3 Å². The van der Waals surface area contributed by atoms with Crippen molar-refractivity contribution in [1.29, 1.82) is 0 Å². The molecule has 2 aromatic heterocycles. The summed E-state index contributed by atoms with van der Waals surface area (Å²) in [6.07, 6.45) is -1.67. The molecule has 0 unspecified atom stereocenters. The molecule has 1 aliphatic carbocycles. The van der Waals surface area contributed by atoms with Crippen molar-refractivity contribution >= 4 is 11.4 Å². The van der Waals surface area contributed by atoms with Crippen molar-refractivity contribution in [2.45, 2.75) is 25.1 Å². The third kappa shape index (κ3) is 3.12. The van der Waals surface area contributed by atoms with E-state index in [4.69, 9.17) is 0 Å². The molecule has 134 valence electrons. The molecule has 2 heterocycles. The summed E-state index contributed by atoms with van der Waals surface area (Å²) < 4.78 is 55.9. The minimum Gasteiger partial charge on any atom is -0.406 e. The zero-order valence-corrected chi connectivity index (χ0v) is 13.1. The Hall–Kier alpha value is -2.97. The van der Waals surface area contributed by atoms with Gasteiger partial charge in [0, 0.05) is 6.07 Å². The first kappa shape index (κ1) is 16.5. The third-order valence-corrected chi connectivity index (χ3v) is 4.10. The highest BCUT2D eigenvalue weighted by molar-refractivity contribution is 6.08. The van der Waals surface area contributed by atoms with Gasteiger partial charge in [0.05, 0.1) is 5.56 Å². The highest BCUT2D eigenvalue weighted by Crippen LogP contribution is 2.40. The zero-order chi connectivity index (χ0) is 18.5. The standard InChI is InChI=1S/C17H11F4N3O2/c18-13-7-11(26-17(19,20)21)3-4-12(13)16(25)14-5-10(9-1-2-9)6-15-22-8-23-24(14)15/h3-9H,1-2H2. The number of carbonyl (C=O) groups excluding carboxylic acids is 1. The molecule has 5 nitrogen and oxygen atoms in total. The number of alkyl halides is 3. The Labute approximate surface area is 144 Å². The van der Waals surface area contributed by atoms with Crippen LogP contribution in [0, 0.1) is 5.82 Å². The number of fused-ring (bicyclic) bond motifs is 1. The fraction of sp³-hybridized carbons (Fsp3) is 0.235. The van der Waals surface area contributed by atoms with Crippen LogP contribution in [-0.2, 0) is 0 Å². The SMILES string of the molecule is O=C(c1ccc(OC(F)(F)F)cc1F)c1cc(C2CC2)cc2ncnn12. The Kier molecular flexibility index (Phi) is 3.67. The lowest BCUT2D eigenvalue weighted by Crippen LogP contribution is -2.17. The van der Waals surface area contributed by atoms with Gasteiger partial charge in [0.15, 0.2) is 5.65 Å². The fourth-order valence-electron chi connectivity index (χ4n) is 2.77. The molecule has 3 aromatic rings. The minimum atomic E-state index is -4.94. The van der Waals surface area contributed by atoms with Gasteiger partial charge in [-0.15, -0.1) is 13.2 Å². The first-order chi connectivity index (χ1) is 12.3. The monoisotopic (exact) mass is 365 g/mol. The Morgan fingerprint density at radius 2 is 1.96 bits per heavy atom. The fourth-order valence-corrected chi connectivity index (χ4v) is 2.77. The van der Waals surface area contributed by atoms with Crippen molar-refractivity contribution in [1.82, 2.24) is 14.6 Å². The number of carbonyl (C=O) groups is 1. The van der Waals surface area contributed by atoms with Crippen molar-refractivity contribution in [2.75, 3.05) is 0 Å². The summed E-state index contributed by atoms with van der Waals surface area (Å²) in [6.45, 7) is 0. The van der Waals surface area contributed by atoms with E-state index < -0.39 is 23.7 Å². The number of nitrogens with zero attached hydrogens (tertiary/aromatic N) is 3. The first-order valence-electron chi connectivity index (χ1n) is 7.75. The number of aromatic nitrogens is 3. The molecule has 4 rings (SSSR count). The molecule has 0 saturated heterocycles. The molecule has 1 fully saturated rings. The maximum atomic E-state index is 14.2. The lowest BCUT2D eigenvalue weighted by molar-refractivity contribution is -0.274. The summed E-state index contributed by atoms with van der Waals surface area (Å²) >= 11 is 0. The van der Waals surface area contributed by atoms with E-state index in [1.165, 1.54) is 10.8 Å². The molecule has 0 spiro atoms. The average molecular weight is 365 g/mol. The predicted molar refractivity (Wildman–Crippen MR) is 81.5 cm³/mol. The molecule has 0 bridgehead atoms. The van der Waals surface area contributed by atoms with Gasteiger partial charge in [-0.2, -0.15) is 5.10 Å².